The van der Waals surface area contributed by atoms with E-state index in [0.717, 1.165) is 24.5 Å². The Morgan fingerprint density at radius 3 is 2.27 bits per heavy atom. The minimum absolute atomic E-state index is 0.157. The Morgan fingerprint density at radius 1 is 0.967 bits per heavy atom. The van der Waals surface area contributed by atoms with Crippen molar-refractivity contribution in [1.82, 2.24) is 9.78 Å². The Morgan fingerprint density at radius 2 is 1.60 bits per heavy atom. The van der Waals surface area contributed by atoms with Crippen molar-refractivity contribution in [3.63, 3.8) is 0 Å². The number of hydrogen-bond donors (Lipinski definition) is 1. The number of benzene rings is 2. The van der Waals surface area contributed by atoms with Crippen molar-refractivity contribution in [3.05, 3.63) is 81.2 Å². The van der Waals surface area contributed by atoms with Crippen LogP contribution in [0.3, 0.4) is 0 Å². The third-order valence-corrected chi connectivity index (χ3v) is 5.49. The van der Waals surface area contributed by atoms with Crippen molar-refractivity contribution < 1.29 is 4.79 Å². The number of anilines is 2. The maximum Gasteiger partial charge on any atom is 0.280 e. The van der Waals surface area contributed by atoms with Gasteiger partial charge in [0, 0.05) is 41.2 Å². The molecule has 0 unspecified atom stereocenters. The normalized spacial score (nSPS) is 13.9. The first-order chi connectivity index (χ1) is 14.5. The van der Waals surface area contributed by atoms with Gasteiger partial charge in [0.2, 0.25) is 5.43 Å². The molecular weight excluding hydrogens is 400 g/mol. The number of rotatable bonds is 4. The molecule has 1 amide bonds. The van der Waals surface area contributed by atoms with Crippen LogP contribution < -0.4 is 15.6 Å². The van der Waals surface area contributed by atoms with Crippen LogP contribution in [-0.2, 0) is 0 Å². The maximum atomic E-state index is 12.8. The molecule has 0 atom stereocenters. The largest absolute Gasteiger partial charge is 0.372 e. The smallest absolute Gasteiger partial charge is 0.280 e. The number of halogens is 1. The Hall–Kier alpha value is -3.12. The molecular formula is C23H23ClN4O2. The van der Waals surface area contributed by atoms with Crippen LogP contribution in [0.15, 0.2) is 59.4 Å². The van der Waals surface area contributed by atoms with Gasteiger partial charge in [0.15, 0.2) is 5.69 Å². The topological polar surface area (TPSA) is 67.2 Å². The van der Waals surface area contributed by atoms with E-state index in [2.05, 4.69) is 15.3 Å². The van der Waals surface area contributed by atoms with Gasteiger partial charge in [-0.05, 0) is 74.7 Å². The summed E-state index contributed by atoms with van der Waals surface area (Å²) in [5.41, 5.74) is 2.55. The first-order valence-electron chi connectivity index (χ1n) is 10.0. The van der Waals surface area contributed by atoms with Crippen LogP contribution in [0.25, 0.3) is 5.69 Å². The fourth-order valence-corrected chi connectivity index (χ4v) is 3.77. The van der Waals surface area contributed by atoms with E-state index in [9.17, 15) is 9.59 Å². The van der Waals surface area contributed by atoms with Crippen molar-refractivity contribution in [3.8, 4) is 5.69 Å². The lowest BCUT2D eigenvalue weighted by atomic mass is 10.1. The van der Waals surface area contributed by atoms with E-state index in [1.807, 2.05) is 24.3 Å². The fraction of sp³-hybridized carbons (Fsp3) is 0.261. The second-order valence-electron chi connectivity index (χ2n) is 7.44. The standard InChI is InChI=1S/C23H23ClN4O2/c1-16-15-21(29)22(26-28(16)20-9-5-17(24)6-10-20)23(30)25-18-7-11-19(12-8-18)27-13-3-2-4-14-27/h5-12,15H,2-4,13-14H2,1H3,(H,25,30). The van der Waals surface area contributed by atoms with E-state index in [4.69, 9.17) is 11.6 Å². The number of amides is 1. The summed E-state index contributed by atoms with van der Waals surface area (Å²) in [5.74, 6) is -0.534. The average Bonchev–Trinajstić information content (AvgIpc) is 2.76. The molecule has 2 aromatic carbocycles. The molecule has 0 aliphatic carbocycles. The zero-order valence-corrected chi connectivity index (χ0v) is 17.5. The summed E-state index contributed by atoms with van der Waals surface area (Å²) in [4.78, 5) is 27.5. The fourth-order valence-electron chi connectivity index (χ4n) is 3.65. The third kappa shape index (κ3) is 4.39. The number of carbonyl (C=O) groups excluding carboxylic acids is 1. The zero-order valence-electron chi connectivity index (χ0n) is 16.8. The molecule has 0 bridgehead atoms. The predicted molar refractivity (Wildman–Crippen MR) is 120 cm³/mol. The van der Waals surface area contributed by atoms with E-state index in [0.29, 0.717) is 16.4 Å². The van der Waals surface area contributed by atoms with Gasteiger partial charge in [-0.15, -0.1) is 0 Å². The van der Waals surface area contributed by atoms with E-state index in [-0.39, 0.29) is 5.69 Å². The lowest BCUT2D eigenvalue weighted by molar-refractivity contribution is 0.101. The minimum Gasteiger partial charge on any atom is -0.372 e. The summed E-state index contributed by atoms with van der Waals surface area (Å²) >= 11 is 5.95. The summed E-state index contributed by atoms with van der Waals surface area (Å²) in [6.45, 7) is 3.89. The second kappa shape index (κ2) is 8.71. The molecule has 7 heteroatoms. The van der Waals surface area contributed by atoms with Crippen LogP contribution in [0, 0.1) is 6.92 Å². The highest BCUT2D eigenvalue weighted by molar-refractivity contribution is 6.30. The van der Waals surface area contributed by atoms with Gasteiger partial charge in [-0.1, -0.05) is 11.6 Å². The molecule has 0 spiro atoms. The minimum atomic E-state index is -0.534. The first-order valence-corrected chi connectivity index (χ1v) is 10.4. The molecule has 1 fully saturated rings. The molecule has 2 heterocycles. The molecule has 1 saturated heterocycles. The van der Waals surface area contributed by atoms with E-state index < -0.39 is 11.3 Å². The third-order valence-electron chi connectivity index (χ3n) is 5.24. The van der Waals surface area contributed by atoms with Gasteiger partial charge in [-0.25, -0.2) is 4.68 Å². The Bertz CT molecular complexity index is 1100. The lowest BCUT2D eigenvalue weighted by Crippen LogP contribution is -2.29. The number of hydrogen-bond acceptors (Lipinski definition) is 4. The van der Waals surface area contributed by atoms with Crippen LogP contribution in [0.2, 0.25) is 5.02 Å². The van der Waals surface area contributed by atoms with Gasteiger partial charge in [0.1, 0.15) is 0 Å². The Balaban J connectivity index is 1.55. The van der Waals surface area contributed by atoms with Gasteiger partial charge in [0.25, 0.3) is 5.91 Å². The number of aryl methyl sites for hydroxylation is 1. The van der Waals surface area contributed by atoms with Gasteiger partial charge in [-0.3, -0.25) is 9.59 Å². The average molecular weight is 423 g/mol. The van der Waals surface area contributed by atoms with Crippen molar-refractivity contribution in [1.29, 1.82) is 0 Å². The summed E-state index contributed by atoms with van der Waals surface area (Å²) in [7, 11) is 0. The monoisotopic (exact) mass is 422 g/mol. The van der Waals surface area contributed by atoms with Gasteiger partial charge in [-0.2, -0.15) is 5.10 Å². The van der Waals surface area contributed by atoms with Crippen LogP contribution in [-0.4, -0.2) is 28.8 Å². The van der Waals surface area contributed by atoms with Gasteiger partial charge >= 0.3 is 0 Å². The molecule has 4 rings (SSSR count). The van der Waals surface area contributed by atoms with Gasteiger partial charge in [0.05, 0.1) is 5.69 Å². The molecule has 6 nitrogen and oxygen atoms in total. The SMILES string of the molecule is Cc1cc(=O)c(C(=O)Nc2ccc(N3CCCCC3)cc2)nn1-c1ccc(Cl)cc1. The highest BCUT2D eigenvalue weighted by Gasteiger charge is 2.16. The second-order valence-corrected chi connectivity index (χ2v) is 7.87. The maximum absolute atomic E-state index is 12.8. The van der Waals surface area contributed by atoms with E-state index >= 15 is 0 Å². The molecule has 1 aliphatic heterocycles. The Labute approximate surface area is 180 Å². The first kappa shape index (κ1) is 20.2. The number of nitrogens with one attached hydrogen (secondary N) is 1. The molecule has 30 heavy (non-hydrogen) atoms. The van der Waals surface area contributed by atoms with Crippen LogP contribution in [0.4, 0.5) is 11.4 Å². The molecule has 154 valence electrons. The summed E-state index contributed by atoms with van der Waals surface area (Å²) in [5, 5.41) is 7.68. The molecule has 1 aliphatic rings. The summed E-state index contributed by atoms with van der Waals surface area (Å²) in [6, 6.07) is 16.2. The van der Waals surface area contributed by atoms with Crippen molar-refractivity contribution in [2.24, 2.45) is 0 Å². The molecule has 0 saturated carbocycles. The van der Waals surface area contributed by atoms with Crippen molar-refractivity contribution in [2.75, 3.05) is 23.3 Å². The molecule has 3 aromatic rings. The summed E-state index contributed by atoms with van der Waals surface area (Å²) < 4.78 is 1.56. The molecule has 1 N–H and O–H groups in total. The van der Waals surface area contributed by atoms with E-state index in [1.54, 1.807) is 35.9 Å². The zero-order chi connectivity index (χ0) is 21.1. The van der Waals surface area contributed by atoms with Crippen LogP contribution >= 0.6 is 11.6 Å². The van der Waals surface area contributed by atoms with E-state index in [1.165, 1.54) is 25.3 Å². The van der Waals surface area contributed by atoms with Crippen molar-refractivity contribution >= 4 is 28.9 Å². The number of piperidine rings is 1. The quantitative estimate of drug-likeness (QED) is 0.675. The molecule has 1 aromatic heterocycles. The highest BCUT2D eigenvalue weighted by Crippen LogP contribution is 2.22. The summed E-state index contributed by atoms with van der Waals surface area (Å²) in [6.07, 6.45) is 3.69. The number of aromatic nitrogens is 2. The van der Waals surface area contributed by atoms with Crippen LogP contribution in [0.1, 0.15) is 35.4 Å². The number of nitrogens with zero attached hydrogens (tertiary/aromatic N) is 3. The molecule has 0 radical (unpaired) electrons. The van der Waals surface area contributed by atoms with Crippen molar-refractivity contribution in [2.45, 2.75) is 26.2 Å². The highest BCUT2D eigenvalue weighted by atomic mass is 35.5. The van der Waals surface area contributed by atoms with Crippen LogP contribution in [0.5, 0.6) is 0 Å². The van der Waals surface area contributed by atoms with Gasteiger partial charge < -0.3 is 10.2 Å². The Kier molecular flexibility index (Phi) is 5.86. The number of carbonyl (C=O) groups is 1. The lowest BCUT2D eigenvalue weighted by Gasteiger charge is -2.28. The predicted octanol–water partition coefficient (Wildman–Crippen LogP) is 4.44.